The lowest BCUT2D eigenvalue weighted by molar-refractivity contribution is 0.0976. The topological polar surface area (TPSA) is 55.1 Å². The van der Waals surface area contributed by atoms with Crippen LogP contribution < -0.4 is 0 Å². The van der Waals surface area contributed by atoms with Crippen LogP contribution >= 0.6 is 0 Å². The zero-order valence-electron chi connectivity index (χ0n) is 7.29. The summed E-state index contributed by atoms with van der Waals surface area (Å²) >= 11 is 0. The van der Waals surface area contributed by atoms with Gasteiger partial charge in [0.15, 0.2) is 0 Å². The van der Waals surface area contributed by atoms with Gasteiger partial charge in [0.1, 0.15) is 0 Å². The zero-order valence-corrected chi connectivity index (χ0v) is 7.29. The Hall–Kier alpha value is -2.10. The summed E-state index contributed by atoms with van der Waals surface area (Å²) < 4.78 is 0.718. The van der Waals surface area contributed by atoms with Crippen LogP contribution in [0.25, 0.3) is 0 Å². The average molecular weight is 188 g/mol. The number of aromatic nitrogens is 2. The van der Waals surface area contributed by atoms with Gasteiger partial charge in [0.05, 0.1) is 6.20 Å². The number of carbonyl (C=O) groups excluding carboxylic acids is 1. The van der Waals surface area contributed by atoms with E-state index >= 15 is 0 Å². The van der Waals surface area contributed by atoms with Crippen molar-refractivity contribution >= 4 is 5.78 Å². The van der Waals surface area contributed by atoms with Crippen molar-refractivity contribution in [1.82, 2.24) is 9.71 Å². The highest BCUT2D eigenvalue weighted by Gasteiger charge is 2.13. The largest absolute Gasteiger partial charge is 0.427 e. The first-order valence-electron chi connectivity index (χ1n) is 4.11. The van der Waals surface area contributed by atoms with Crippen LogP contribution in [0.5, 0.6) is 0 Å². The third kappa shape index (κ3) is 1.37. The molecule has 0 fully saturated rings. The quantitative estimate of drug-likeness (QED) is 0.571. The second kappa shape index (κ2) is 3.33. The maximum atomic E-state index is 11.7. The molecule has 1 aromatic heterocycles. The van der Waals surface area contributed by atoms with Gasteiger partial charge in [-0.1, -0.05) is 30.3 Å². The summed E-state index contributed by atoms with van der Waals surface area (Å²) in [5, 5.41) is 9.22. The van der Waals surface area contributed by atoms with Gasteiger partial charge in [0.2, 0.25) is 11.6 Å². The first kappa shape index (κ1) is 8.50. The van der Waals surface area contributed by atoms with Crippen LogP contribution in [-0.4, -0.2) is 20.7 Å². The first-order valence-corrected chi connectivity index (χ1v) is 4.11. The molecule has 1 aromatic carbocycles. The number of nitrogens with zero attached hydrogens (tertiary/aromatic N) is 2. The normalized spacial score (nSPS) is 10.0. The van der Waals surface area contributed by atoms with Gasteiger partial charge in [-0.25, -0.2) is 4.98 Å². The van der Waals surface area contributed by atoms with E-state index in [0.29, 0.717) is 5.56 Å². The van der Waals surface area contributed by atoms with Gasteiger partial charge in [-0.3, -0.25) is 4.79 Å². The van der Waals surface area contributed by atoms with E-state index < -0.39 is 0 Å². The van der Waals surface area contributed by atoms with Gasteiger partial charge in [-0.2, -0.15) is 4.73 Å². The average Bonchev–Trinajstić information content (AvgIpc) is 2.65. The number of benzene rings is 1. The minimum atomic E-state index is -0.293. The Balaban J connectivity index is 2.39. The van der Waals surface area contributed by atoms with Gasteiger partial charge in [-0.05, 0) is 0 Å². The molecule has 2 aromatic rings. The lowest BCUT2D eigenvalue weighted by Crippen LogP contribution is -2.08. The fourth-order valence-corrected chi connectivity index (χ4v) is 1.18. The fourth-order valence-electron chi connectivity index (χ4n) is 1.18. The minimum Gasteiger partial charge on any atom is -0.427 e. The van der Waals surface area contributed by atoms with E-state index in [2.05, 4.69) is 4.98 Å². The van der Waals surface area contributed by atoms with Crippen molar-refractivity contribution in [3.05, 3.63) is 54.1 Å². The maximum Gasteiger partial charge on any atom is 0.231 e. The van der Waals surface area contributed by atoms with Crippen LogP contribution in [0.3, 0.4) is 0 Å². The van der Waals surface area contributed by atoms with E-state index in [9.17, 15) is 10.0 Å². The van der Waals surface area contributed by atoms with Crippen molar-refractivity contribution in [3.8, 4) is 0 Å². The van der Waals surface area contributed by atoms with Crippen molar-refractivity contribution < 1.29 is 10.0 Å². The number of hydrogen-bond acceptors (Lipinski definition) is 3. The highest BCUT2D eigenvalue weighted by molar-refractivity contribution is 6.06. The third-order valence-electron chi connectivity index (χ3n) is 1.86. The molecule has 1 N–H and O–H groups in total. The van der Waals surface area contributed by atoms with Crippen LogP contribution in [0.15, 0.2) is 42.7 Å². The number of ketones is 1. The molecule has 2 rings (SSSR count). The summed E-state index contributed by atoms with van der Waals surface area (Å²) in [6.07, 6.45) is 2.69. The molecule has 0 aliphatic heterocycles. The fraction of sp³-hybridized carbons (Fsp3) is 0. The summed E-state index contributed by atoms with van der Waals surface area (Å²) in [6, 6.07) is 8.70. The molecule has 0 bridgehead atoms. The van der Waals surface area contributed by atoms with E-state index in [1.807, 2.05) is 6.07 Å². The van der Waals surface area contributed by atoms with Crippen molar-refractivity contribution in [1.29, 1.82) is 0 Å². The van der Waals surface area contributed by atoms with Gasteiger partial charge in [-0.15, -0.1) is 0 Å². The molecular formula is C10H8N2O2. The predicted molar refractivity (Wildman–Crippen MR) is 49.3 cm³/mol. The first-order chi connectivity index (χ1) is 6.79. The van der Waals surface area contributed by atoms with Crippen LogP contribution in [0, 0.1) is 0 Å². The summed E-state index contributed by atoms with van der Waals surface area (Å²) in [7, 11) is 0. The molecule has 0 radical (unpaired) electrons. The Morgan fingerprint density at radius 3 is 2.57 bits per heavy atom. The molecular weight excluding hydrogens is 180 g/mol. The Kier molecular flexibility index (Phi) is 2.02. The van der Waals surface area contributed by atoms with E-state index in [0.717, 1.165) is 4.73 Å². The third-order valence-corrected chi connectivity index (χ3v) is 1.86. The second-order valence-electron chi connectivity index (χ2n) is 2.79. The number of hydrogen-bond donors (Lipinski definition) is 1. The molecule has 0 saturated carbocycles. The zero-order chi connectivity index (χ0) is 9.97. The second-order valence-corrected chi connectivity index (χ2v) is 2.79. The molecule has 4 nitrogen and oxygen atoms in total. The molecule has 0 spiro atoms. The highest BCUT2D eigenvalue weighted by Crippen LogP contribution is 2.06. The number of rotatable bonds is 2. The van der Waals surface area contributed by atoms with E-state index in [-0.39, 0.29) is 11.6 Å². The molecule has 0 saturated heterocycles. The van der Waals surface area contributed by atoms with E-state index in [4.69, 9.17) is 0 Å². The van der Waals surface area contributed by atoms with Crippen LogP contribution in [0.4, 0.5) is 0 Å². The molecule has 14 heavy (non-hydrogen) atoms. The Morgan fingerprint density at radius 1 is 1.29 bits per heavy atom. The molecule has 70 valence electrons. The molecule has 0 aliphatic carbocycles. The molecule has 0 atom stereocenters. The minimum absolute atomic E-state index is 0.0243. The van der Waals surface area contributed by atoms with Gasteiger partial charge in [0.25, 0.3) is 0 Å². The van der Waals surface area contributed by atoms with Crippen LogP contribution in [0.1, 0.15) is 16.2 Å². The van der Waals surface area contributed by atoms with E-state index in [1.54, 1.807) is 24.3 Å². The molecule has 0 amide bonds. The summed E-state index contributed by atoms with van der Waals surface area (Å²) in [5.41, 5.74) is 0.508. The Morgan fingerprint density at radius 2 is 2.00 bits per heavy atom. The SMILES string of the molecule is O=C(c1ccccc1)c1nccn1O. The maximum absolute atomic E-state index is 11.7. The van der Waals surface area contributed by atoms with Crippen molar-refractivity contribution in [2.24, 2.45) is 0 Å². The lowest BCUT2D eigenvalue weighted by Gasteiger charge is -1.98. The molecule has 0 unspecified atom stereocenters. The van der Waals surface area contributed by atoms with E-state index in [1.165, 1.54) is 12.4 Å². The van der Waals surface area contributed by atoms with Crippen LogP contribution in [-0.2, 0) is 0 Å². The van der Waals surface area contributed by atoms with Gasteiger partial charge >= 0.3 is 0 Å². The van der Waals surface area contributed by atoms with Crippen molar-refractivity contribution in [2.75, 3.05) is 0 Å². The van der Waals surface area contributed by atoms with Crippen LogP contribution in [0.2, 0.25) is 0 Å². The summed E-state index contributed by atoms with van der Waals surface area (Å²) in [5.74, 6) is -0.269. The number of imidazole rings is 1. The summed E-state index contributed by atoms with van der Waals surface area (Å²) in [6.45, 7) is 0. The van der Waals surface area contributed by atoms with Gasteiger partial charge in [0, 0.05) is 11.8 Å². The molecule has 1 heterocycles. The summed E-state index contributed by atoms with van der Waals surface area (Å²) in [4.78, 5) is 15.4. The lowest BCUT2D eigenvalue weighted by atomic mass is 10.1. The molecule has 4 heteroatoms. The smallest absolute Gasteiger partial charge is 0.231 e. The Labute approximate surface area is 80.4 Å². The monoisotopic (exact) mass is 188 g/mol. The van der Waals surface area contributed by atoms with Gasteiger partial charge < -0.3 is 5.21 Å². The van der Waals surface area contributed by atoms with Crippen molar-refractivity contribution in [2.45, 2.75) is 0 Å². The number of carbonyl (C=O) groups is 1. The van der Waals surface area contributed by atoms with Crippen molar-refractivity contribution in [3.63, 3.8) is 0 Å². The molecule has 0 aliphatic rings. The standard InChI is InChI=1S/C10H8N2O2/c13-9(8-4-2-1-3-5-8)10-11-6-7-12(10)14/h1-7,14H. The predicted octanol–water partition coefficient (Wildman–Crippen LogP) is 1.35. The Bertz CT molecular complexity index is 448. The highest BCUT2D eigenvalue weighted by atomic mass is 16.5.